The summed E-state index contributed by atoms with van der Waals surface area (Å²) < 4.78 is 10.7. The molecule has 0 amide bonds. The quantitative estimate of drug-likeness (QED) is 0.253. The Morgan fingerprint density at radius 3 is 2.31 bits per heavy atom. The maximum Gasteiger partial charge on any atom is 0.343 e. The topological polar surface area (TPSA) is 129 Å². The molecule has 0 aromatic heterocycles. The Labute approximate surface area is 206 Å². The number of aromatic carboxylic acids is 1. The van der Waals surface area contributed by atoms with E-state index < -0.39 is 24.1 Å². The molecule has 36 heavy (non-hydrogen) atoms. The molecule has 0 spiro atoms. The van der Waals surface area contributed by atoms with Gasteiger partial charge in [0.1, 0.15) is 17.2 Å². The average Bonchev–Trinajstić information content (AvgIpc) is 3.23. The smallest absolute Gasteiger partial charge is 0.343 e. The van der Waals surface area contributed by atoms with Crippen LogP contribution in [-0.2, 0) is 9.53 Å². The zero-order valence-electron chi connectivity index (χ0n) is 19.2. The van der Waals surface area contributed by atoms with E-state index >= 15 is 0 Å². The van der Waals surface area contributed by atoms with Crippen LogP contribution >= 0.6 is 0 Å². The SMILES string of the molecule is [CH2]C(OC(=O)C(=C)C)N1c2ccc(C(=O)O)cc2NN1c1ccc(OC(=O)c2ccccc2)cc1O. The molecule has 10 heteroatoms. The van der Waals surface area contributed by atoms with Crippen molar-refractivity contribution in [2.75, 3.05) is 15.6 Å². The lowest BCUT2D eigenvalue weighted by Crippen LogP contribution is -2.49. The van der Waals surface area contributed by atoms with Crippen LogP contribution in [0, 0.1) is 6.92 Å². The molecule has 0 bridgehead atoms. The average molecular weight is 488 g/mol. The summed E-state index contributed by atoms with van der Waals surface area (Å²) in [6, 6.07) is 16.9. The molecule has 0 saturated heterocycles. The Hall–Kier alpha value is -4.99. The highest BCUT2D eigenvalue weighted by molar-refractivity contribution is 5.94. The standard InChI is InChI=1S/C26H22N3O7/c1-15(2)25(33)35-16(3)28-21-11-9-18(24(31)32)13-20(21)27-29(28)22-12-10-19(14-23(22)30)36-26(34)17-7-5-4-6-8-17/h4-14,16,27,30H,1,3H2,2H3,(H,31,32). The van der Waals surface area contributed by atoms with Crippen molar-refractivity contribution >= 4 is 35.0 Å². The summed E-state index contributed by atoms with van der Waals surface area (Å²) in [7, 11) is 0. The number of carbonyl (C=O) groups is 3. The van der Waals surface area contributed by atoms with Crippen LogP contribution in [0.25, 0.3) is 0 Å². The van der Waals surface area contributed by atoms with Crippen LogP contribution in [0.5, 0.6) is 11.5 Å². The normalized spacial score (nSPS) is 12.8. The third kappa shape index (κ3) is 4.78. The lowest BCUT2D eigenvalue weighted by Gasteiger charge is -2.35. The van der Waals surface area contributed by atoms with Gasteiger partial charge in [-0.25, -0.2) is 19.4 Å². The minimum absolute atomic E-state index is 0.0231. The zero-order chi connectivity index (χ0) is 26.0. The maximum absolute atomic E-state index is 12.4. The molecule has 0 fully saturated rings. The van der Waals surface area contributed by atoms with Crippen LogP contribution in [0.1, 0.15) is 27.6 Å². The van der Waals surface area contributed by atoms with Gasteiger partial charge in [-0.3, -0.25) is 5.43 Å². The predicted molar refractivity (Wildman–Crippen MR) is 132 cm³/mol. The molecular weight excluding hydrogens is 466 g/mol. The molecule has 1 heterocycles. The number of hydrogen-bond donors (Lipinski definition) is 3. The van der Waals surface area contributed by atoms with Crippen molar-refractivity contribution in [1.82, 2.24) is 0 Å². The highest BCUT2D eigenvalue weighted by Gasteiger charge is 2.35. The summed E-state index contributed by atoms with van der Waals surface area (Å²) in [6.07, 6.45) is -1.13. The summed E-state index contributed by atoms with van der Waals surface area (Å²) in [5.74, 6) is -2.59. The van der Waals surface area contributed by atoms with Crippen molar-refractivity contribution in [1.29, 1.82) is 0 Å². The summed E-state index contributed by atoms with van der Waals surface area (Å²) in [5, 5.41) is 22.9. The van der Waals surface area contributed by atoms with Gasteiger partial charge in [0.25, 0.3) is 0 Å². The fourth-order valence-electron chi connectivity index (χ4n) is 3.45. The molecule has 183 valence electrons. The van der Waals surface area contributed by atoms with Gasteiger partial charge in [-0.2, -0.15) is 5.12 Å². The number of hydrazine groups is 2. The number of carboxylic acid groups (broad SMARTS) is 1. The van der Waals surface area contributed by atoms with Gasteiger partial charge in [-0.15, -0.1) is 0 Å². The number of carboxylic acids is 1. The van der Waals surface area contributed by atoms with E-state index in [4.69, 9.17) is 9.47 Å². The van der Waals surface area contributed by atoms with Gasteiger partial charge in [0.05, 0.1) is 22.5 Å². The zero-order valence-corrected chi connectivity index (χ0v) is 19.2. The first kappa shape index (κ1) is 24.1. The number of phenolic OH excluding ortho intramolecular Hbond substituents is 1. The van der Waals surface area contributed by atoms with Gasteiger partial charge < -0.3 is 19.7 Å². The minimum Gasteiger partial charge on any atom is -0.505 e. The number of anilines is 3. The molecule has 1 aliphatic rings. The fraction of sp³-hybridized carbons (Fsp3) is 0.0769. The number of carbonyl (C=O) groups excluding carboxylic acids is 2. The number of phenols is 1. The summed E-state index contributed by atoms with van der Waals surface area (Å²) >= 11 is 0. The number of ether oxygens (including phenoxy) is 2. The summed E-state index contributed by atoms with van der Waals surface area (Å²) in [5.41, 5.74) is 4.50. The largest absolute Gasteiger partial charge is 0.505 e. The molecule has 4 rings (SSSR count). The molecule has 3 aromatic rings. The van der Waals surface area contributed by atoms with Crippen molar-refractivity contribution < 1.29 is 34.1 Å². The van der Waals surface area contributed by atoms with E-state index in [9.17, 15) is 24.6 Å². The highest BCUT2D eigenvalue weighted by atomic mass is 16.6. The number of nitrogens with one attached hydrogen (secondary N) is 1. The van der Waals surface area contributed by atoms with E-state index in [1.165, 1.54) is 53.4 Å². The number of fused-ring (bicyclic) bond motifs is 1. The van der Waals surface area contributed by atoms with Crippen LogP contribution in [-0.4, -0.2) is 34.3 Å². The monoisotopic (exact) mass is 488 g/mol. The van der Waals surface area contributed by atoms with Crippen molar-refractivity contribution in [2.24, 2.45) is 0 Å². The number of esters is 2. The van der Waals surface area contributed by atoms with Gasteiger partial charge in [0.15, 0.2) is 6.23 Å². The second-order valence-electron chi connectivity index (χ2n) is 7.85. The second-order valence-corrected chi connectivity index (χ2v) is 7.85. The van der Waals surface area contributed by atoms with Crippen molar-refractivity contribution in [3.8, 4) is 11.5 Å². The summed E-state index contributed by atoms with van der Waals surface area (Å²) in [4.78, 5) is 35.9. The number of nitrogens with zero attached hydrogens (tertiary/aromatic N) is 2. The van der Waals surface area contributed by atoms with E-state index in [0.29, 0.717) is 16.9 Å². The maximum atomic E-state index is 12.4. The molecule has 3 N–H and O–H groups in total. The van der Waals surface area contributed by atoms with Gasteiger partial charge in [0, 0.05) is 18.6 Å². The van der Waals surface area contributed by atoms with Crippen LogP contribution in [0.15, 0.2) is 78.9 Å². The third-order valence-electron chi connectivity index (χ3n) is 5.19. The molecule has 3 aromatic carbocycles. The fourth-order valence-corrected chi connectivity index (χ4v) is 3.45. The molecule has 0 aliphatic carbocycles. The van der Waals surface area contributed by atoms with Crippen LogP contribution in [0.4, 0.5) is 17.1 Å². The van der Waals surface area contributed by atoms with Gasteiger partial charge >= 0.3 is 17.9 Å². The molecule has 1 unspecified atom stereocenters. The van der Waals surface area contributed by atoms with Crippen molar-refractivity contribution in [2.45, 2.75) is 13.2 Å². The molecule has 0 saturated carbocycles. The van der Waals surface area contributed by atoms with E-state index in [0.717, 1.165) is 0 Å². The molecular formula is C26H22N3O7. The lowest BCUT2D eigenvalue weighted by atomic mass is 10.1. The highest BCUT2D eigenvalue weighted by Crippen LogP contribution is 2.42. The first-order valence-corrected chi connectivity index (χ1v) is 10.7. The Bertz CT molecular complexity index is 1360. The number of hydrogen-bond acceptors (Lipinski definition) is 9. The van der Waals surface area contributed by atoms with Crippen LogP contribution in [0.2, 0.25) is 0 Å². The molecule has 1 aliphatic heterocycles. The third-order valence-corrected chi connectivity index (χ3v) is 5.19. The first-order valence-electron chi connectivity index (χ1n) is 10.7. The second kappa shape index (κ2) is 9.71. The Morgan fingerprint density at radius 2 is 1.67 bits per heavy atom. The molecule has 10 nitrogen and oxygen atoms in total. The number of aromatic hydroxyl groups is 1. The van der Waals surface area contributed by atoms with Crippen molar-refractivity contribution in [3.05, 3.63) is 96.9 Å². The van der Waals surface area contributed by atoms with E-state index in [1.54, 1.807) is 30.3 Å². The van der Waals surface area contributed by atoms with Crippen molar-refractivity contribution in [3.63, 3.8) is 0 Å². The van der Waals surface area contributed by atoms with E-state index in [1.807, 2.05) is 0 Å². The summed E-state index contributed by atoms with van der Waals surface area (Å²) in [6.45, 7) is 8.94. The van der Waals surface area contributed by atoms with Gasteiger partial charge in [0.2, 0.25) is 0 Å². The number of benzene rings is 3. The van der Waals surface area contributed by atoms with Crippen LogP contribution < -0.4 is 20.3 Å². The molecule has 1 atom stereocenters. The number of rotatable bonds is 7. The van der Waals surface area contributed by atoms with Crippen LogP contribution in [0.3, 0.4) is 0 Å². The first-order chi connectivity index (χ1) is 17.2. The Morgan fingerprint density at radius 1 is 0.972 bits per heavy atom. The minimum atomic E-state index is -1.13. The molecule has 1 radical (unpaired) electrons. The van der Waals surface area contributed by atoms with E-state index in [2.05, 4.69) is 18.9 Å². The Kier molecular flexibility index (Phi) is 6.51. The predicted octanol–water partition coefficient (Wildman–Crippen LogP) is 4.16. The lowest BCUT2D eigenvalue weighted by molar-refractivity contribution is -0.142. The van der Waals surface area contributed by atoms with Gasteiger partial charge in [-0.05, 0) is 49.4 Å². The van der Waals surface area contributed by atoms with E-state index in [-0.39, 0.29) is 28.3 Å². The van der Waals surface area contributed by atoms with Gasteiger partial charge in [-0.1, -0.05) is 24.8 Å². The Balaban J connectivity index is 1.65.